The van der Waals surface area contributed by atoms with E-state index >= 15 is 0 Å². The van der Waals surface area contributed by atoms with Crippen LogP contribution in [0, 0.1) is 0 Å². The molecule has 2 heterocycles. The van der Waals surface area contributed by atoms with Crippen molar-refractivity contribution in [2.75, 3.05) is 26.9 Å². The molecular formula is C9H12N2O4. The van der Waals surface area contributed by atoms with Crippen LogP contribution in [-0.2, 0) is 9.47 Å². The summed E-state index contributed by atoms with van der Waals surface area (Å²) in [6.07, 6.45) is 1.29. The van der Waals surface area contributed by atoms with Crippen LogP contribution in [0.3, 0.4) is 0 Å². The minimum Gasteiger partial charge on any atom is -0.464 e. The van der Waals surface area contributed by atoms with Crippen LogP contribution < -0.4 is 5.32 Å². The quantitative estimate of drug-likeness (QED) is 0.702. The third-order valence-electron chi connectivity index (χ3n) is 2.14. The van der Waals surface area contributed by atoms with Crippen molar-refractivity contribution in [3.63, 3.8) is 0 Å². The molecule has 0 saturated carbocycles. The van der Waals surface area contributed by atoms with Crippen LogP contribution in [0.5, 0.6) is 0 Å². The standard InChI is InChI=1S/C9H12N2O4/c1-13-9(12)7-5-15-8(11-7)6-4-14-3-2-10-6/h5-6,10H,2-4H2,1H3. The van der Waals surface area contributed by atoms with Gasteiger partial charge in [-0.2, -0.15) is 0 Å². The van der Waals surface area contributed by atoms with Gasteiger partial charge in [-0.15, -0.1) is 0 Å². The number of carbonyl (C=O) groups is 1. The fraction of sp³-hybridized carbons (Fsp3) is 0.556. The summed E-state index contributed by atoms with van der Waals surface area (Å²) in [6.45, 7) is 1.93. The van der Waals surface area contributed by atoms with Gasteiger partial charge in [-0.3, -0.25) is 0 Å². The lowest BCUT2D eigenvalue weighted by molar-refractivity contribution is 0.0592. The van der Waals surface area contributed by atoms with Gasteiger partial charge in [0, 0.05) is 6.54 Å². The van der Waals surface area contributed by atoms with Crippen molar-refractivity contribution in [1.29, 1.82) is 0 Å². The summed E-state index contributed by atoms with van der Waals surface area (Å²) in [5.74, 6) is -0.0446. The molecule has 1 unspecified atom stereocenters. The van der Waals surface area contributed by atoms with Crippen LogP contribution in [0.15, 0.2) is 10.7 Å². The first-order valence-corrected chi connectivity index (χ1v) is 4.66. The van der Waals surface area contributed by atoms with Gasteiger partial charge in [-0.1, -0.05) is 0 Å². The van der Waals surface area contributed by atoms with Gasteiger partial charge in [0.25, 0.3) is 0 Å². The number of carbonyl (C=O) groups excluding carboxylic acids is 1. The number of methoxy groups -OCH3 is 1. The molecule has 1 fully saturated rings. The summed E-state index contributed by atoms with van der Waals surface area (Å²) in [5, 5.41) is 3.17. The molecule has 82 valence electrons. The van der Waals surface area contributed by atoms with Gasteiger partial charge in [0.2, 0.25) is 5.89 Å². The molecular weight excluding hydrogens is 200 g/mol. The number of esters is 1. The average Bonchev–Trinajstić information content (AvgIpc) is 2.78. The van der Waals surface area contributed by atoms with Crippen LogP contribution >= 0.6 is 0 Å². The fourth-order valence-electron chi connectivity index (χ4n) is 1.37. The number of nitrogens with one attached hydrogen (secondary N) is 1. The van der Waals surface area contributed by atoms with Gasteiger partial charge in [0.05, 0.1) is 20.3 Å². The summed E-state index contributed by atoms with van der Waals surface area (Å²) < 4.78 is 15.0. The van der Waals surface area contributed by atoms with E-state index in [1.165, 1.54) is 13.4 Å². The van der Waals surface area contributed by atoms with E-state index in [9.17, 15) is 4.79 Å². The lowest BCUT2D eigenvalue weighted by atomic mass is 10.3. The number of hydrogen-bond acceptors (Lipinski definition) is 6. The monoisotopic (exact) mass is 212 g/mol. The highest BCUT2D eigenvalue weighted by Gasteiger charge is 2.22. The second-order valence-corrected chi connectivity index (χ2v) is 3.14. The average molecular weight is 212 g/mol. The molecule has 1 N–H and O–H groups in total. The maximum absolute atomic E-state index is 11.1. The minimum atomic E-state index is -0.498. The maximum Gasteiger partial charge on any atom is 0.360 e. The molecule has 1 saturated heterocycles. The van der Waals surface area contributed by atoms with E-state index in [0.717, 1.165) is 6.54 Å². The fourth-order valence-corrected chi connectivity index (χ4v) is 1.37. The first kappa shape index (κ1) is 10.1. The van der Waals surface area contributed by atoms with Crippen molar-refractivity contribution in [2.24, 2.45) is 0 Å². The van der Waals surface area contributed by atoms with Gasteiger partial charge < -0.3 is 19.2 Å². The number of ether oxygens (including phenoxy) is 2. The molecule has 0 amide bonds. The summed E-state index contributed by atoms with van der Waals surface area (Å²) in [6, 6.07) is -0.0860. The molecule has 0 aromatic carbocycles. The summed E-state index contributed by atoms with van der Waals surface area (Å²) in [7, 11) is 1.30. The zero-order valence-corrected chi connectivity index (χ0v) is 8.36. The number of morpholine rings is 1. The Morgan fingerprint density at radius 3 is 3.27 bits per heavy atom. The molecule has 1 aromatic heterocycles. The molecule has 0 radical (unpaired) electrons. The number of oxazole rings is 1. The second kappa shape index (κ2) is 4.41. The lowest BCUT2D eigenvalue weighted by Crippen LogP contribution is -2.34. The Labute approximate surface area is 86.6 Å². The molecule has 1 aliphatic heterocycles. The first-order valence-electron chi connectivity index (χ1n) is 4.66. The lowest BCUT2D eigenvalue weighted by Gasteiger charge is -2.20. The second-order valence-electron chi connectivity index (χ2n) is 3.14. The van der Waals surface area contributed by atoms with Crippen molar-refractivity contribution in [2.45, 2.75) is 6.04 Å². The van der Waals surface area contributed by atoms with Crippen molar-refractivity contribution < 1.29 is 18.7 Å². The van der Waals surface area contributed by atoms with E-state index < -0.39 is 5.97 Å². The van der Waals surface area contributed by atoms with Crippen LogP contribution in [-0.4, -0.2) is 37.8 Å². The topological polar surface area (TPSA) is 73.6 Å². The van der Waals surface area contributed by atoms with E-state index in [1.54, 1.807) is 0 Å². The summed E-state index contributed by atoms with van der Waals surface area (Å²) in [4.78, 5) is 15.1. The zero-order valence-electron chi connectivity index (χ0n) is 8.36. The van der Waals surface area contributed by atoms with E-state index in [2.05, 4.69) is 15.0 Å². The molecule has 2 rings (SSSR count). The molecule has 0 bridgehead atoms. The van der Waals surface area contributed by atoms with E-state index in [0.29, 0.717) is 19.1 Å². The van der Waals surface area contributed by atoms with E-state index in [-0.39, 0.29) is 11.7 Å². The number of aromatic nitrogens is 1. The van der Waals surface area contributed by atoms with Crippen LogP contribution in [0.25, 0.3) is 0 Å². The third-order valence-corrected chi connectivity index (χ3v) is 2.14. The van der Waals surface area contributed by atoms with Gasteiger partial charge >= 0.3 is 5.97 Å². The highest BCUT2D eigenvalue weighted by Crippen LogP contribution is 2.15. The highest BCUT2D eigenvalue weighted by atomic mass is 16.5. The Morgan fingerprint density at radius 2 is 2.60 bits per heavy atom. The Hall–Kier alpha value is -1.40. The van der Waals surface area contributed by atoms with Gasteiger partial charge in [0.15, 0.2) is 5.69 Å². The maximum atomic E-state index is 11.1. The van der Waals surface area contributed by atoms with Crippen LogP contribution in [0.2, 0.25) is 0 Å². The van der Waals surface area contributed by atoms with Gasteiger partial charge in [0.1, 0.15) is 12.3 Å². The Balaban J connectivity index is 2.08. The molecule has 0 spiro atoms. The minimum absolute atomic E-state index is 0.0860. The molecule has 0 aliphatic carbocycles. The van der Waals surface area contributed by atoms with Crippen molar-refractivity contribution in [1.82, 2.24) is 10.3 Å². The first-order chi connectivity index (χ1) is 7.31. The van der Waals surface area contributed by atoms with Crippen molar-refractivity contribution >= 4 is 5.97 Å². The van der Waals surface area contributed by atoms with E-state index in [4.69, 9.17) is 9.15 Å². The Morgan fingerprint density at radius 1 is 1.73 bits per heavy atom. The normalized spacial score (nSPS) is 21.3. The predicted molar refractivity (Wildman–Crippen MR) is 49.4 cm³/mol. The molecule has 1 atom stereocenters. The van der Waals surface area contributed by atoms with E-state index in [1.807, 2.05) is 0 Å². The molecule has 6 nitrogen and oxygen atoms in total. The Kier molecular flexibility index (Phi) is 2.98. The molecule has 15 heavy (non-hydrogen) atoms. The Bertz CT molecular complexity index is 344. The van der Waals surface area contributed by atoms with Gasteiger partial charge in [-0.25, -0.2) is 9.78 Å². The van der Waals surface area contributed by atoms with Crippen LogP contribution in [0.1, 0.15) is 22.4 Å². The summed E-state index contributed by atoms with van der Waals surface area (Å²) in [5.41, 5.74) is 0.180. The molecule has 1 aromatic rings. The van der Waals surface area contributed by atoms with Crippen molar-refractivity contribution in [3.8, 4) is 0 Å². The number of nitrogens with zero attached hydrogens (tertiary/aromatic N) is 1. The van der Waals surface area contributed by atoms with Crippen molar-refractivity contribution in [3.05, 3.63) is 17.8 Å². The predicted octanol–water partition coefficient (Wildman–Crippen LogP) is 0.122. The largest absolute Gasteiger partial charge is 0.464 e. The third kappa shape index (κ3) is 2.16. The molecule has 1 aliphatic rings. The number of rotatable bonds is 2. The zero-order chi connectivity index (χ0) is 10.7. The smallest absolute Gasteiger partial charge is 0.360 e. The number of hydrogen-bond donors (Lipinski definition) is 1. The SMILES string of the molecule is COC(=O)c1coc(C2COCCN2)n1. The highest BCUT2D eigenvalue weighted by molar-refractivity contribution is 5.86. The molecule has 6 heteroatoms. The summed E-state index contributed by atoms with van der Waals surface area (Å²) >= 11 is 0. The van der Waals surface area contributed by atoms with Crippen LogP contribution in [0.4, 0.5) is 0 Å². The van der Waals surface area contributed by atoms with Gasteiger partial charge in [-0.05, 0) is 0 Å².